The van der Waals surface area contributed by atoms with Crippen molar-refractivity contribution in [3.8, 4) is 0 Å². The van der Waals surface area contributed by atoms with Crippen molar-refractivity contribution in [3.05, 3.63) is 0 Å². The van der Waals surface area contributed by atoms with E-state index in [9.17, 15) is 8.42 Å². The van der Waals surface area contributed by atoms with Gasteiger partial charge >= 0.3 is 0 Å². The first-order valence-electron chi connectivity index (χ1n) is 7.90. The SMILES string of the molecule is CN=C(NCCCNS(C)(=O)=O)NCCCC1CCCC1.I. The minimum atomic E-state index is -3.08. The van der Waals surface area contributed by atoms with E-state index in [0.717, 1.165) is 24.8 Å². The normalized spacial score (nSPS) is 16.4. The number of nitrogens with one attached hydrogen (secondary N) is 3. The summed E-state index contributed by atoms with van der Waals surface area (Å²) in [7, 11) is -1.33. The first-order valence-corrected chi connectivity index (χ1v) is 9.79. The van der Waals surface area contributed by atoms with Gasteiger partial charge in [-0.1, -0.05) is 25.7 Å². The molecule has 0 aromatic heterocycles. The summed E-state index contributed by atoms with van der Waals surface area (Å²) in [6, 6.07) is 0. The van der Waals surface area contributed by atoms with Crippen LogP contribution < -0.4 is 15.4 Å². The van der Waals surface area contributed by atoms with Gasteiger partial charge in [0.25, 0.3) is 0 Å². The van der Waals surface area contributed by atoms with Gasteiger partial charge in [0.15, 0.2) is 5.96 Å². The predicted molar refractivity (Wildman–Crippen MR) is 103 cm³/mol. The molecular formula is C14H31IN4O2S. The summed E-state index contributed by atoms with van der Waals surface area (Å²) >= 11 is 0. The van der Waals surface area contributed by atoms with Crippen molar-refractivity contribution >= 4 is 40.0 Å². The molecule has 22 heavy (non-hydrogen) atoms. The zero-order valence-corrected chi connectivity index (χ0v) is 16.9. The minimum absolute atomic E-state index is 0. The Balaban J connectivity index is 0.00000441. The Morgan fingerprint density at radius 1 is 1.09 bits per heavy atom. The molecule has 0 aromatic carbocycles. The molecule has 0 radical (unpaired) electrons. The number of sulfonamides is 1. The summed E-state index contributed by atoms with van der Waals surface area (Å²) in [4.78, 5) is 4.16. The highest BCUT2D eigenvalue weighted by Crippen LogP contribution is 2.28. The zero-order valence-electron chi connectivity index (χ0n) is 13.7. The van der Waals surface area contributed by atoms with Crippen LogP contribution in [-0.4, -0.2) is 47.3 Å². The van der Waals surface area contributed by atoms with Crippen molar-refractivity contribution in [2.24, 2.45) is 10.9 Å². The maximum atomic E-state index is 10.9. The Labute approximate surface area is 152 Å². The molecule has 1 aliphatic carbocycles. The fourth-order valence-corrected chi connectivity index (χ4v) is 3.19. The number of halogens is 1. The van der Waals surface area contributed by atoms with Gasteiger partial charge in [0.1, 0.15) is 0 Å². The molecule has 8 heteroatoms. The Bertz CT molecular complexity index is 409. The first kappa shape index (κ1) is 21.9. The average molecular weight is 446 g/mol. The number of rotatable bonds is 9. The van der Waals surface area contributed by atoms with Crippen LogP contribution in [0, 0.1) is 5.92 Å². The van der Waals surface area contributed by atoms with Crippen LogP contribution in [0.2, 0.25) is 0 Å². The summed E-state index contributed by atoms with van der Waals surface area (Å²) in [6.45, 7) is 2.09. The van der Waals surface area contributed by atoms with E-state index in [4.69, 9.17) is 0 Å². The van der Waals surface area contributed by atoms with Crippen molar-refractivity contribution in [1.29, 1.82) is 0 Å². The molecule has 0 bridgehead atoms. The van der Waals surface area contributed by atoms with Gasteiger partial charge in [-0.15, -0.1) is 24.0 Å². The Hall–Kier alpha value is -0.0900. The lowest BCUT2D eigenvalue weighted by Gasteiger charge is -2.13. The molecule has 0 saturated heterocycles. The lowest BCUT2D eigenvalue weighted by Crippen LogP contribution is -2.39. The maximum Gasteiger partial charge on any atom is 0.208 e. The summed E-state index contributed by atoms with van der Waals surface area (Å²) in [5, 5.41) is 6.49. The molecule has 1 aliphatic rings. The largest absolute Gasteiger partial charge is 0.356 e. The van der Waals surface area contributed by atoms with Crippen LogP contribution in [0.3, 0.4) is 0 Å². The smallest absolute Gasteiger partial charge is 0.208 e. The molecule has 0 unspecified atom stereocenters. The lowest BCUT2D eigenvalue weighted by atomic mass is 10.0. The van der Waals surface area contributed by atoms with Crippen LogP contribution in [0.5, 0.6) is 0 Å². The fourth-order valence-electron chi connectivity index (χ4n) is 2.67. The second kappa shape index (κ2) is 12.3. The van der Waals surface area contributed by atoms with Crippen molar-refractivity contribution in [2.45, 2.75) is 44.9 Å². The van der Waals surface area contributed by atoms with E-state index in [-0.39, 0.29) is 24.0 Å². The van der Waals surface area contributed by atoms with Gasteiger partial charge in [-0.2, -0.15) is 0 Å². The van der Waals surface area contributed by atoms with Crippen LogP contribution in [0.25, 0.3) is 0 Å². The van der Waals surface area contributed by atoms with Gasteiger partial charge in [0, 0.05) is 26.7 Å². The summed E-state index contributed by atoms with van der Waals surface area (Å²) in [5.41, 5.74) is 0. The second-order valence-electron chi connectivity index (χ2n) is 5.74. The molecule has 0 aromatic rings. The summed E-state index contributed by atoms with van der Waals surface area (Å²) in [6.07, 6.45) is 10.0. The highest BCUT2D eigenvalue weighted by atomic mass is 127. The lowest BCUT2D eigenvalue weighted by molar-refractivity contribution is 0.481. The number of hydrogen-bond donors (Lipinski definition) is 3. The molecule has 132 valence electrons. The summed E-state index contributed by atoms with van der Waals surface area (Å²) < 4.78 is 24.3. The molecule has 0 aliphatic heterocycles. The van der Waals surface area contributed by atoms with Gasteiger partial charge in [-0.3, -0.25) is 4.99 Å². The van der Waals surface area contributed by atoms with Gasteiger partial charge in [-0.05, 0) is 25.2 Å². The molecule has 1 saturated carbocycles. The summed E-state index contributed by atoms with van der Waals surface area (Å²) in [5.74, 6) is 1.73. The fraction of sp³-hybridized carbons (Fsp3) is 0.929. The predicted octanol–water partition coefficient (Wildman–Crippen LogP) is 1.68. The molecule has 0 spiro atoms. The van der Waals surface area contributed by atoms with Gasteiger partial charge < -0.3 is 10.6 Å². The maximum absolute atomic E-state index is 10.9. The standard InChI is InChI=1S/C14H30N4O2S.HI/c1-15-14(17-11-6-12-18-21(2,19)20)16-10-5-9-13-7-3-4-8-13;/h13,18H,3-12H2,1-2H3,(H2,15,16,17);1H. The van der Waals surface area contributed by atoms with E-state index in [1.54, 1.807) is 7.05 Å². The van der Waals surface area contributed by atoms with E-state index in [1.807, 2.05) is 0 Å². The molecule has 6 nitrogen and oxygen atoms in total. The zero-order chi connectivity index (χ0) is 15.6. The van der Waals surface area contributed by atoms with Crippen molar-refractivity contribution < 1.29 is 8.42 Å². The molecule has 1 rings (SSSR count). The number of aliphatic imine (C=N–C) groups is 1. The van der Waals surface area contributed by atoms with E-state index >= 15 is 0 Å². The van der Waals surface area contributed by atoms with E-state index in [1.165, 1.54) is 44.8 Å². The van der Waals surface area contributed by atoms with E-state index < -0.39 is 10.0 Å². The monoisotopic (exact) mass is 446 g/mol. The van der Waals surface area contributed by atoms with Crippen molar-refractivity contribution in [3.63, 3.8) is 0 Å². The van der Waals surface area contributed by atoms with Crippen LogP contribution in [-0.2, 0) is 10.0 Å². The highest BCUT2D eigenvalue weighted by molar-refractivity contribution is 14.0. The van der Waals surface area contributed by atoms with Crippen LogP contribution >= 0.6 is 24.0 Å². The van der Waals surface area contributed by atoms with Crippen molar-refractivity contribution in [2.75, 3.05) is 32.9 Å². The Morgan fingerprint density at radius 3 is 2.23 bits per heavy atom. The van der Waals surface area contributed by atoms with E-state index in [2.05, 4.69) is 20.3 Å². The van der Waals surface area contributed by atoms with Crippen molar-refractivity contribution in [1.82, 2.24) is 15.4 Å². The molecule has 1 fully saturated rings. The average Bonchev–Trinajstić information content (AvgIpc) is 2.92. The number of guanidine groups is 1. The van der Waals surface area contributed by atoms with Gasteiger partial charge in [0.05, 0.1) is 6.26 Å². The molecular weight excluding hydrogens is 415 g/mol. The third kappa shape index (κ3) is 11.5. The quantitative estimate of drug-likeness (QED) is 0.218. The van der Waals surface area contributed by atoms with Crippen LogP contribution in [0.15, 0.2) is 4.99 Å². The van der Waals surface area contributed by atoms with Crippen LogP contribution in [0.4, 0.5) is 0 Å². The van der Waals surface area contributed by atoms with Gasteiger partial charge in [0.2, 0.25) is 10.0 Å². The minimum Gasteiger partial charge on any atom is -0.356 e. The highest BCUT2D eigenvalue weighted by Gasteiger charge is 2.13. The second-order valence-corrected chi connectivity index (χ2v) is 7.57. The third-order valence-corrected chi connectivity index (χ3v) is 4.52. The third-order valence-electron chi connectivity index (χ3n) is 3.79. The first-order chi connectivity index (χ1) is 10.0. The molecule has 0 amide bonds. The van der Waals surface area contributed by atoms with Gasteiger partial charge in [-0.25, -0.2) is 13.1 Å². The van der Waals surface area contributed by atoms with Crippen LogP contribution in [0.1, 0.15) is 44.9 Å². The topological polar surface area (TPSA) is 82.6 Å². The Morgan fingerprint density at radius 2 is 1.68 bits per heavy atom. The van der Waals surface area contributed by atoms with E-state index in [0.29, 0.717) is 13.1 Å². The molecule has 3 N–H and O–H groups in total. The molecule has 0 heterocycles. The molecule has 0 atom stereocenters. The number of hydrogen-bond acceptors (Lipinski definition) is 3. The Kier molecular flexibility index (Phi) is 12.3. The number of nitrogens with zero attached hydrogens (tertiary/aromatic N) is 1.